The Labute approximate surface area is 114 Å². The van der Waals surface area contributed by atoms with Crippen LogP contribution in [0.2, 0.25) is 5.02 Å². The Hall–Kier alpha value is -1.31. The molecule has 88 valence electrons. The molecule has 0 bridgehead atoms. The number of nitriles is 1. The van der Waals surface area contributed by atoms with Crippen LogP contribution in [0, 0.1) is 18.3 Å². The number of hydrogen-bond donors (Lipinski definition) is 1. The van der Waals surface area contributed by atoms with E-state index in [1.807, 2.05) is 0 Å². The Bertz CT molecular complexity index is 541. The van der Waals surface area contributed by atoms with Crippen LogP contribution in [0.15, 0.2) is 27.8 Å². The van der Waals surface area contributed by atoms with Crippen molar-refractivity contribution in [3.05, 3.63) is 44.5 Å². The predicted molar refractivity (Wildman–Crippen MR) is 74.6 cm³/mol. The Morgan fingerprint density at radius 3 is 2.71 bits per heavy atom. The van der Waals surface area contributed by atoms with E-state index in [2.05, 4.69) is 27.0 Å². The zero-order valence-corrected chi connectivity index (χ0v) is 11.8. The molecule has 0 saturated carbocycles. The van der Waals surface area contributed by atoms with Gasteiger partial charge in [-0.1, -0.05) is 11.6 Å². The molecule has 0 aliphatic rings. The molecular formula is C12H11BrClN3. The van der Waals surface area contributed by atoms with Gasteiger partial charge in [0.1, 0.15) is 6.07 Å². The van der Waals surface area contributed by atoms with Crippen LogP contribution in [0.1, 0.15) is 16.7 Å². The van der Waals surface area contributed by atoms with E-state index in [9.17, 15) is 5.26 Å². The fourth-order valence-electron chi connectivity index (χ4n) is 1.46. The van der Waals surface area contributed by atoms with E-state index in [0.29, 0.717) is 26.3 Å². The van der Waals surface area contributed by atoms with Gasteiger partial charge in [-0.15, -0.1) is 0 Å². The minimum absolute atomic E-state index is 0.511. The summed E-state index contributed by atoms with van der Waals surface area (Å²) < 4.78 is 0.637. The number of nitrogens with zero attached hydrogens (tertiary/aromatic N) is 2. The van der Waals surface area contributed by atoms with Gasteiger partial charge in [0.05, 0.1) is 15.8 Å². The van der Waals surface area contributed by atoms with Gasteiger partial charge in [-0.2, -0.15) is 5.26 Å². The predicted octanol–water partition coefficient (Wildman–Crippen LogP) is 3.13. The summed E-state index contributed by atoms with van der Waals surface area (Å²) in [4.78, 5) is 4.14. The first kappa shape index (κ1) is 13.8. The molecule has 0 saturated heterocycles. The molecule has 1 aromatic carbocycles. The molecule has 0 aromatic heterocycles. The number of hydrogen-bond acceptors (Lipinski definition) is 3. The number of nitrogens with two attached hydrogens (primary N) is 1. The first-order chi connectivity index (χ1) is 8.06. The highest BCUT2D eigenvalue weighted by Gasteiger charge is 2.15. The molecule has 5 heteroatoms. The van der Waals surface area contributed by atoms with Crippen LogP contribution in [-0.4, -0.2) is 12.8 Å². The summed E-state index contributed by atoms with van der Waals surface area (Å²) in [6.45, 7) is 1.80. The second-order valence-corrected chi connectivity index (χ2v) is 4.56. The van der Waals surface area contributed by atoms with Crippen LogP contribution < -0.4 is 5.73 Å². The van der Waals surface area contributed by atoms with Gasteiger partial charge in [-0.25, -0.2) is 0 Å². The van der Waals surface area contributed by atoms with Gasteiger partial charge < -0.3 is 5.73 Å². The van der Waals surface area contributed by atoms with Gasteiger partial charge in [0.15, 0.2) is 0 Å². The summed E-state index contributed by atoms with van der Waals surface area (Å²) in [5, 5.41) is 9.76. The molecule has 1 rings (SSSR count). The maximum atomic E-state index is 9.19. The average Bonchev–Trinajstić information content (AvgIpc) is 2.34. The lowest BCUT2D eigenvalue weighted by Gasteiger charge is -2.10. The second-order valence-electron chi connectivity index (χ2n) is 3.29. The summed E-state index contributed by atoms with van der Waals surface area (Å²) in [5.74, 6) is 0. The quantitative estimate of drug-likeness (QED) is 0.853. The lowest BCUT2D eigenvalue weighted by atomic mass is 9.99. The van der Waals surface area contributed by atoms with Crippen molar-refractivity contribution in [2.75, 3.05) is 7.05 Å². The van der Waals surface area contributed by atoms with E-state index in [1.54, 1.807) is 26.1 Å². The summed E-state index contributed by atoms with van der Waals surface area (Å²) in [5.41, 5.74) is 8.04. The third-order valence-electron chi connectivity index (χ3n) is 2.36. The first-order valence-corrected chi connectivity index (χ1v) is 5.98. The highest BCUT2D eigenvalue weighted by atomic mass is 79.9. The van der Waals surface area contributed by atoms with Crippen molar-refractivity contribution in [2.24, 2.45) is 10.7 Å². The van der Waals surface area contributed by atoms with Gasteiger partial charge in [-0.05, 0) is 40.5 Å². The number of halogens is 2. The van der Waals surface area contributed by atoms with E-state index in [1.165, 1.54) is 6.20 Å². The highest BCUT2D eigenvalue weighted by molar-refractivity contribution is 9.12. The topological polar surface area (TPSA) is 62.2 Å². The van der Waals surface area contributed by atoms with Crippen LogP contribution in [0.5, 0.6) is 0 Å². The van der Waals surface area contributed by atoms with Gasteiger partial charge in [0.25, 0.3) is 0 Å². The van der Waals surface area contributed by atoms with Crippen molar-refractivity contribution in [3.8, 4) is 6.07 Å². The van der Waals surface area contributed by atoms with Crippen LogP contribution >= 0.6 is 27.5 Å². The normalized spacial score (nSPS) is 12.4. The molecule has 1 aromatic rings. The number of rotatable bonds is 2. The van der Waals surface area contributed by atoms with E-state index in [-0.39, 0.29) is 0 Å². The van der Waals surface area contributed by atoms with Crippen molar-refractivity contribution >= 4 is 33.2 Å². The average molecular weight is 313 g/mol. The first-order valence-electron chi connectivity index (χ1n) is 4.81. The zero-order chi connectivity index (χ0) is 13.0. The van der Waals surface area contributed by atoms with Gasteiger partial charge >= 0.3 is 0 Å². The molecule has 0 fully saturated rings. The Morgan fingerprint density at radius 1 is 1.59 bits per heavy atom. The lowest BCUT2D eigenvalue weighted by molar-refractivity contribution is 1.36. The van der Waals surface area contributed by atoms with Crippen molar-refractivity contribution in [1.29, 1.82) is 5.26 Å². The number of aliphatic imine (C=N–C) groups is 1. The van der Waals surface area contributed by atoms with Crippen LogP contribution in [0.3, 0.4) is 0 Å². The molecule has 2 N–H and O–H groups in total. The number of allylic oxidation sites excluding steroid dienone is 1. The molecule has 3 nitrogen and oxygen atoms in total. The summed E-state index contributed by atoms with van der Waals surface area (Å²) >= 11 is 9.29. The Kier molecular flexibility index (Phi) is 4.73. The van der Waals surface area contributed by atoms with Crippen molar-refractivity contribution < 1.29 is 0 Å². The fourth-order valence-corrected chi connectivity index (χ4v) is 2.01. The van der Waals surface area contributed by atoms with E-state index in [0.717, 1.165) is 5.56 Å². The summed E-state index contributed by atoms with van der Waals surface area (Å²) in [7, 11) is 1.64. The maximum absolute atomic E-state index is 9.19. The monoisotopic (exact) mass is 311 g/mol. The van der Waals surface area contributed by atoms with Crippen LogP contribution in [-0.2, 0) is 0 Å². The van der Waals surface area contributed by atoms with Gasteiger partial charge in [0, 0.05) is 23.8 Å². The van der Waals surface area contributed by atoms with Gasteiger partial charge in [-0.3, -0.25) is 4.99 Å². The molecule has 0 amide bonds. The molecule has 0 heterocycles. The van der Waals surface area contributed by atoms with Crippen LogP contribution in [0.25, 0.3) is 0 Å². The standard InChI is InChI=1S/C12H11BrClN3/c1-7-9(5-15)8(3-4-11(7)14)12(17-2)10(13)6-16/h3-4,6H,16H2,1-2H3/b10-6+,17-12?. The molecule has 0 spiro atoms. The molecule has 17 heavy (non-hydrogen) atoms. The van der Waals surface area contributed by atoms with Crippen LogP contribution in [0.4, 0.5) is 0 Å². The summed E-state index contributed by atoms with van der Waals surface area (Å²) in [6.07, 6.45) is 1.40. The van der Waals surface area contributed by atoms with Gasteiger partial charge in [0.2, 0.25) is 0 Å². The van der Waals surface area contributed by atoms with Crippen molar-refractivity contribution in [3.63, 3.8) is 0 Å². The number of benzene rings is 1. The Morgan fingerprint density at radius 2 is 2.24 bits per heavy atom. The maximum Gasteiger partial charge on any atom is 0.100 e. The third-order valence-corrected chi connectivity index (χ3v) is 3.41. The zero-order valence-electron chi connectivity index (χ0n) is 9.46. The van der Waals surface area contributed by atoms with E-state index in [4.69, 9.17) is 17.3 Å². The lowest BCUT2D eigenvalue weighted by Crippen LogP contribution is -2.06. The molecule has 0 atom stereocenters. The molecule has 0 unspecified atom stereocenters. The molecular weight excluding hydrogens is 302 g/mol. The second kappa shape index (κ2) is 5.85. The molecule has 0 radical (unpaired) electrons. The van der Waals surface area contributed by atoms with Crippen molar-refractivity contribution in [1.82, 2.24) is 0 Å². The molecule has 0 aliphatic heterocycles. The van der Waals surface area contributed by atoms with E-state index < -0.39 is 0 Å². The minimum Gasteiger partial charge on any atom is -0.404 e. The summed E-state index contributed by atoms with van der Waals surface area (Å²) in [6, 6.07) is 5.65. The minimum atomic E-state index is 0.511. The highest BCUT2D eigenvalue weighted by Crippen LogP contribution is 2.25. The van der Waals surface area contributed by atoms with E-state index >= 15 is 0 Å². The van der Waals surface area contributed by atoms with Crippen molar-refractivity contribution in [2.45, 2.75) is 6.92 Å². The largest absolute Gasteiger partial charge is 0.404 e. The smallest absolute Gasteiger partial charge is 0.100 e. The SMILES string of the molecule is CN=C(/C(Br)=C\N)c1ccc(Cl)c(C)c1C#N. The molecule has 0 aliphatic carbocycles. The third kappa shape index (κ3) is 2.68. The Balaban J connectivity index is 3.53. The fraction of sp³-hybridized carbons (Fsp3) is 0.167.